The number of carbonyl (C=O) groups is 2. The highest BCUT2D eigenvalue weighted by atomic mass is 16.6. The topological polar surface area (TPSA) is 108 Å². The number of anilines is 1. The molecule has 1 aliphatic rings. The van der Waals surface area contributed by atoms with E-state index in [1.165, 1.54) is 37.3 Å². The van der Waals surface area contributed by atoms with Crippen molar-refractivity contribution in [1.82, 2.24) is 0 Å². The summed E-state index contributed by atoms with van der Waals surface area (Å²) in [7, 11) is 2.39. The maximum absolute atomic E-state index is 12.2. The zero-order valence-corrected chi connectivity index (χ0v) is 13.4. The summed E-state index contributed by atoms with van der Waals surface area (Å²) in [6, 6.07) is 4.17. The second-order valence-electron chi connectivity index (χ2n) is 4.94. The number of carbonyl (C=O) groups excluding carboxylic acids is 2. The van der Waals surface area contributed by atoms with Crippen LogP contribution >= 0.6 is 0 Å². The molecular formula is C15H16N2O7. The fraction of sp³-hybridized carbons (Fsp3) is 0.333. The Hall–Kier alpha value is -2.94. The van der Waals surface area contributed by atoms with Crippen LogP contribution in [0.3, 0.4) is 0 Å². The van der Waals surface area contributed by atoms with E-state index in [4.69, 9.17) is 9.47 Å². The van der Waals surface area contributed by atoms with Crippen LogP contribution in [-0.4, -0.2) is 44.4 Å². The third-order valence-corrected chi connectivity index (χ3v) is 3.52. The van der Waals surface area contributed by atoms with Crippen molar-refractivity contribution in [1.29, 1.82) is 0 Å². The number of esters is 2. The second-order valence-corrected chi connectivity index (χ2v) is 4.94. The van der Waals surface area contributed by atoms with Gasteiger partial charge in [-0.2, -0.15) is 0 Å². The molecule has 1 aliphatic heterocycles. The van der Waals surface area contributed by atoms with Gasteiger partial charge < -0.3 is 19.1 Å². The Bertz CT molecular complexity index is 727. The van der Waals surface area contributed by atoms with Crippen molar-refractivity contribution >= 4 is 23.3 Å². The van der Waals surface area contributed by atoms with E-state index in [0.29, 0.717) is 11.3 Å². The monoisotopic (exact) mass is 336 g/mol. The Balaban J connectivity index is 2.57. The van der Waals surface area contributed by atoms with Crippen LogP contribution in [0.15, 0.2) is 29.5 Å². The molecule has 0 bridgehead atoms. The Labute approximate surface area is 137 Å². The summed E-state index contributed by atoms with van der Waals surface area (Å²) in [5, 5.41) is 10.9. The van der Waals surface area contributed by atoms with E-state index in [2.05, 4.69) is 4.74 Å². The molecule has 0 fully saturated rings. The Morgan fingerprint density at radius 3 is 2.46 bits per heavy atom. The summed E-state index contributed by atoms with van der Waals surface area (Å²) in [6.07, 6.45) is 0. The molecule has 0 amide bonds. The summed E-state index contributed by atoms with van der Waals surface area (Å²) >= 11 is 0. The lowest BCUT2D eigenvalue weighted by atomic mass is 10.1. The molecule has 9 nitrogen and oxygen atoms in total. The highest BCUT2D eigenvalue weighted by Gasteiger charge is 2.33. The average molecular weight is 336 g/mol. The minimum absolute atomic E-state index is 0.00690. The van der Waals surface area contributed by atoms with Gasteiger partial charge in [0.15, 0.2) is 0 Å². The van der Waals surface area contributed by atoms with Gasteiger partial charge in [-0.1, -0.05) is 0 Å². The normalized spacial score (nSPS) is 14.4. The third-order valence-electron chi connectivity index (χ3n) is 3.52. The molecule has 0 radical (unpaired) electrons. The molecular weight excluding hydrogens is 320 g/mol. The Morgan fingerprint density at radius 1 is 1.25 bits per heavy atom. The van der Waals surface area contributed by atoms with E-state index < -0.39 is 16.9 Å². The minimum Gasteiger partial charge on any atom is -0.466 e. The van der Waals surface area contributed by atoms with E-state index in [1.807, 2.05) is 0 Å². The van der Waals surface area contributed by atoms with Gasteiger partial charge in [0.1, 0.15) is 12.4 Å². The van der Waals surface area contributed by atoms with Gasteiger partial charge in [0.25, 0.3) is 5.69 Å². The zero-order valence-electron chi connectivity index (χ0n) is 13.4. The van der Waals surface area contributed by atoms with Crippen LogP contribution in [0.5, 0.6) is 0 Å². The number of hydrogen-bond donors (Lipinski definition) is 0. The first-order chi connectivity index (χ1) is 11.4. The van der Waals surface area contributed by atoms with Gasteiger partial charge >= 0.3 is 11.9 Å². The van der Waals surface area contributed by atoms with Gasteiger partial charge in [-0.25, -0.2) is 9.59 Å². The van der Waals surface area contributed by atoms with Crippen molar-refractivity contribution in [2.24, 2.45) is 0 Å². The van der Waals surface area contributed by atoms with Crippen LogP contribution in [0.4, 0.5) is 11.4 Å². The number of nitro benzene ring substituents is 1. The third kappa shape index (κ3) is 3.20. The number of benzene rings is 1. The van der Waals surface area contributed by atoms with Crippen molar-refractivity contribution in [2.75, 3.05) is 32.5 Å². The standard InChI is InChI=1S/C15H16N2O7/c1-9-6-10(17(20)21)4-5-12(9)16-8-24-7-11(14(18)22-2)13(16)15(19)23-3/h4-6H,7-8H2,1-3H3. The van der Waals surface area contributed by atoms with Crippen LogP contribution in [0.1, 0.15) is 5.56 Å². The summed E-state index contributed by atoms with van der Waals surface area (Å²) in [6.45, 7) is 1.55. The Kier molecular flexibility index (Phi) is 5.14. The van der Waals surface area contributed by atoms with Gasteiger partial charge in [-0.15, -0.1) is 0 Å². The lowest BCUT2D eigenvalue weighted by Gasteiger charge is -2.32. The number of nitro groups is 1. The predicted octanol–water partition coefficient (Wildman–Crippen LogP) is 1.30. The SMILES string of the molecule is COC(=O)C1=C(C(=O)OC)N(c2ccc([N+](=O)[O-])cc2C)COC1. The van der Waals surface area contributed by atoms with Crippen molar-refractivity contribution in [2.45, 2.75) is 6.92 Å². The molecule has 0 saturated carbocycles. The van der Waals surface area contributed by atoms with Crippen molar-refractivity contribution in [3.8, 4) is 0 Å². The zero-order chi connectivity index (χ0) is 17.9. The first-order valence-electron chi connectivity index (χ1n) is 6.90. The lowest BCUT2D eigenvalue weighted by molar-refractivity contribution is -0.384. The number of hydrogen-bond acceptors (Lipinski definition) is 8. The number of methoxy groups -OCH3 is 2. The number of non-ortho nitro benzene ring substituents is 1. The molecule has 0 aliphatic carbocycles. The first-order valence-corrected chi connectivity index (χ1v) is 6.90. The molecule has 0 aromatic heterocycles. The molecule has 0 atom stereocenters. The van der Waals surface area contributed by atoms with Crippen LogP contribution in [0, 0.1) is 17.0 Å². The summed E-state index contributed by atoms with van der Waals surface area (Å²) in [4.78, 5) is 35.9. The van der Waals surface area contributed by atoms with Crippen molar-refractivity contribution in [3.05, 3.63) is 45.1 Å². The summed E-state index contributed by atoms with van der Waals surface area (Å²) < 4.78 is 14.8. The van der Waals surface area contributed by atoms with Crippen molar-refractivity contribution < 1.29 is 28.7 Å². The second kappa shape index (κ2) is 7.09. The number of nitrogens with zero attached hydrogens (tertiary/aromatic N) is 2. The van der Waals surface area contributed by atoms with E-state index in [-0.39, 0.29) is 30.3 Å². The van der Waals surface area contributed by atoms with Crippen LogP contribution < -0.4 is 4.90 Å². The fourth-order valence-electron chi connectivity index (χ4n) is 2.39. The summed E-state index contributed by atoms with van der Waals surface area (Å²) in [5.74, 6) is -1.43. The molecule has 0 spiro atoms. The minimum atomic E-state index is -0.726. The van der Waals surface area contributed by atoms with Crippen molar-refractivity contribution in [3.63, 3.8) is 0 Å². The lowest BCUT2D eigenvalue weighted by Crippen LogP contribution is -2.39. The molecule has 24 heavy (non-hydrogen) atoms. The predicted molar refractivity (Wildman–Crippen MR) is 82.2 cm³/mol. The Morgan fingerprint density at radius 2 is 1.92 bits per heavy atom. The smallest absolute Gasteiger partial charge is 0.355 e. The molecule has 1 heterocycles. The molecule has 0 N–H and O–H groups in total. The van der Waals surface area contributed by atoms with Crippen LogP contribution in [0.25, 0.3) is 0 Å². The van der Waals surface area contributed by atoms with Gasteiger partial charge in [-0.05, 0) is 18.6 Å². The van der Waals surface area contributed by atoms with Gasteiger partial charge in [0, 0.05) is 17.8 Å². The molecule has 0 saturated heterocycles. The molecule has 0 unspecified atom stereocenters. The molecule has 1 aromatic carbocycles. The van der Waals surface area contributed by atoms with Gasteiger partial charge in [0.2, 0.25) is 0 Å². The van der Waals surface area contributed by atoms with E-state index in [0.717, 1.165) is 0 Å². The van der Waals surface area contributed by atoms with Crippen LogP contribution in [-0.2, 0) is 23.8 Å². The van der Waals surface area contributed by atoms with E-state index in [1.54, 1.807) is 6.92 Å². The van der Waals surface area contributed by atoms with Gasteiger partial charge in [0.05, 0.1) is 31.3 Å². The average Bonchev–Trinajstić information content (AvgIpc) is 2.59. The highest BCUT2D eigenvalue weighted by molar-refractivity contribution is 6.03. The molecule has 2 rings (SSSR count). The van der Waals surface area contributed by atoms with Gasteiger partial charge in [-0.3, -0.25) is 10.1 Å². The fourth-order valence-corrected chi connectivity index (χ4v) is 2.39. The molecule has 9 heteroatoms. The maximum Gasteiger partial charge on any atom is 0.355 e. The maximum atomic E-state index is 12.2. The number of rotatable bonds is 4. The first kappa shape index (κ1) is 17.4. The number of aryl methyl sites for hydroxylation is 1. The summed E-state index contributed by atoms with van der Waals surface area (Å²) in [5.41, 5.74) is 0.967. The largest absolute Gasteiger partial charge is 0.466 e. The van der Waals surface area contributed by atoms with E-state index in [9.17, 15) is 19.7 Å². The van der Waals surface area contributed by atoms with Crippen LogP contribution in [0.2, 0.25) is 0 Å². The quantitative estimate of drug-likeness (QED) is 0.460. The van der Waals surface area contributed by atoms with E-state index >= 15 is 0 Å². The molecule has 128 valence electrons. The number of ether oxygens (including phenoxy) is 3. The molecule has 1 aromatic rings. The highest BCUT2D eigenvalue weighted by Crippen LogP contribution is 2.31.